The fourth-order valence-corrected chi connectivity index (χ4v) is 3.37. The highest BCUT2D eigenvalue weighted by atomic mass is 35.5. The molecule has 0 aliphatic rings. The van der Waals surface area contributed by atoms with Crippen molar-refractivity contribution in [3.05, 3.63) is 83.3 Å². The van der Waals surface area contributed by atoms with Crippen LogP contribution in [0.15, 0.2) is 67.0 Å². The predicted molar refractivity (Wildman–Crippen MR) is 117 cm³/mol. The third-order valence-electron chi connectivity index (χ3n) is 4.72. The summed E-state index contributed by atoms with van der Waals surface area (Å²) in [5.74, 6) is -1.46. The number of carboxylic acids is 1. The summed E-state index contributed by atoms with van der Waals surface area (Å²) in [4.78, 5) is 41.5. The zero-order chi connectivity index (χ0) is 22.5. The van der Waals surface area contributed by atoms with Crippen LogP contribution in [0.4, 0.5) is 10.7 Å². The molecule has 0 aliphatic carbocycles. The van der Waals surface area contributed by atoms with Gasteiger partial charge in [-0.3, -0.25) is 0 Å². The number of carboxylic acid groups (broad SMARTS) is 1. The van der Waals surface area contributed by atoms with Gasteiger partial charge in [-0.15, -0.1) is 0 Å². The zero-order valence-corrected chi connectivity index (χ0v) is 17.4. The van der Waals surface area contributed by atoms with Crippen molar-refractivity contribution in [2.24, 2.45) is 0 Å². The van der Waals surface area contributed by atoms with Gasteiger partial charge in [0.15, 0.2) is 10.8 Å². The van der Waals surface area contributed by atoms with E-state index in [-0.39, 0.29) is 29.8 Å². The molecule has 1 amide bonds. The molecule has 0 radical (unpaired) electrons. The maximum atomic E-state index is 13.1. The van der Waals surface area contributed by atoms with E-state index in [0.29, 0.717) is 11.1 Å². The average molecular weight is 452 g/mol. The number of anilines is 1. The van der Waals surface area contributed by atoms with Gasteiger partial charge in [0.2, 0.25) is 5.95 Å². The summed E-state index contributed by atoms with van der Waals surface area (Å²) in [5, 5.41) is 9.99. The monoisotopic (exact) mass is 451 g/mol. The molecular weight excluding hydrogens is 434 g/mol. The lowest BCUT2D eigenvalue weighted by atomic mass is 10.1. The van der Waals surface area contributed by atoms with Crippen molar-refractivity contribution >= 4 is 40.8 Å². The maximum Gasteiger partial charge on any atom is 0.417 e. The number of aromatic amines is 1. The van der Waals surface area contributed by atoms with Gasteiger partial charge in [-0.2, -0.15) is 9.97 Å². The highest BCUT2D eigenvalue weighted by Crippen LogP contribution is 2.24. The second-order valence-electron chi connectivity index (χ2n) is 6.87. The first-order valence-corrected chi connectivity index (χ1v) is 10.0. The molecule has 1 unspecified atom stereocenters. The predicted octanol–water partition coefficient (Wildman–Crippen LogP) is 3.85. The summed E-state index contributed by atoms with van der Waals surface area (Å²) in [5.41, 5.74) is 2.04. The first-order chi connectivity index (χ1) is 15.5. The van der Waals surface area contributed by atoms with E-state index in [4.69, 9.17) is 16.3 Å². The van der Waals surface area contributed by atoms with Crippen LogP contribution in [0, 0.1) is 0 Å². The van der Waals surface area contributed by atoms with Crippen LogP contribution >= 0.6 is 11.6 Å². The van der Waals surface area contributed by atoms with Crippen molar-refractivity contribution in [2.45, 2.75) is 19.1 Å². The Balaban J connectivity index is 1.71. The van der Waals surface area contributed by atoms with Gasteiger partial charge in [-0.05, 0) is 11.1 Å². The number of nitrogens with one attached hydrogen (secondary N) is 1. The molecule has 162 valence electrons. The van der Waals surface area contributed by atoms with E-state index in [2.05, 4.69) is 19.9 Å². The van der Waals surface area contributed by atoms with Crippen LogP contribution < -0.4 is 4.90 Å². The number of carbonyl (C=O) groups excluding carboxylic acids is 1. The lowest BCUT2D eigenvalue weighted by molar-refractivity contribution is -0.138. The first-order valence-electron chi connectivity index (χ1n) is 9.66. The van der Waals surface area contributed by atoms with E-state index in [9.17, 15) is 14.7 Å². The number of carbonyl (C=O) groups is 2. The number of rotatable bonds is 7. The van der Waals surface area contributed by atoms with Gasteiger partial charge in [0.05, 0.1) is 6.33 Å². The Morgan fingerprint density at radius 1 is 1.03 bits per heavy atom. The second-order valence-corrected chi connectivity index (χ2v) is 7.23. The molecule has 0 saturated heterocycles. The van der Waals surface area contributed by atoms with Crippen molar-refractivity contribution in [1.82, 2.24) is 19.9 Å². The topological polar surface area (TPSA) is 121 Å². The number of imidazole rings is 1. The SMILES string of the molecule is O=C(O)C(Cc1ccccc1)N(C(=O)OCc1ccccc1)c1nc(Cl)c2[nH]cnc2n1. The summed E-state index contributed by atoms with van der Waals surface area (Å²) in [6.45, 7) is -0.0494. The van der Waals surface area contributed by atoms with E-state index in [1.807, 2.05) is 24.3 Å². The standard InChI is InChI=1S/C22H18ClN5O4/c23-18-17-19(25-13-24-17)27-21(26-18)28(22(31)32-12-15-9-5-2-6-10-15)16(20(29)30)11-14-7-3-1-4-8-14/h1-10,13,16H,11-12H2,(H,29,30)(H,24,25,26,27). The van der Waals surface area contributed by atoms with Crippen molar-refractivity contribution in [3.8, 4) is 0 Å². The smallest absolute Gasteiger partial charge is 0.417 e. The molecule has 0 bridgehead atoms. The molecule has 2 aromatic carbocycles. The minimum atomic E-state index is -1.34. The van der Waals surface area contributed by atoms with Crippen LogP contribution in [0.1, 0.15) is 11.1 Å². The van der Waals surface area contributed by atoms with Crippen LogP contribution in [0.2, 0.25) is 5.15 Å². The fourth-order valence-electron chi connectivity index (χ4n) is 3.16. The Morgan fingerprint density at radius 3 is 2.34 bits per heavy atom. The highest BCUT2D eigenvalue weighted by Gasteiger charge is 2.35. The molecule has 0 aliphatic heterocycles. The van der Waals surface area contributed by atoms with Gasteiger partial charge in [0.1, 0.15) is 18.2 Å². The normalized spacial score (nSPS) is 11.8. The first kappa shape index (κ1) is 21.3. The maximum absolute atomic E-state index is 13.1. The Labute approximate surface area is 187 Å². The molecule has 0 fully saturated rings. The van der Waals surface area contributed by atoms with Gasteiger partial charge in [-0.1, -0.05) is 72.3 Å². The Hall–Kier alpha value is -3.98. The van der Waals surface area contributed by atoms with Crippen LogP contribution in [-0.2, 0) is 22.6 Å². The largest absolute Gasteiger partial charge is 0.480 e. The lowest BCUT2D eigenvalue weighted by Gasteiger charge is -2.26. The Bertz CT molecular complexity index is 1230. The molecule has 4 aromatic rings. The van der Waals surface area contributed by atoms with Crippen LogP contribution in [0.3, 0.4) is 0 Å². The van der Waals surface area contributed by atoms with E-state index in [1.54, 1.807) is 36.4 Å². The average Bonchev–Trinajstić information content (AvgIpc) is 3.28. The molecular formula is C22H18ClN5O4. The molecule has 4 rings (SSSR count). The number of aromatic nitrogens is 4. The Kier molecular flexibility index (Phi) is 6.27. The number of halogens is 1. The number of H-pyrrole nitrogens is 1. The molecule has 0 saturated carbocycles. The van der Waals surface area contributed by atoms with Gasteiger partial charge in [0.25, 0.3) is 0 Å². The van der Waals surface area contributed by atoms with Crippen LogP contribution in [0.25, 0.3) is 11.2 Å². The number of benzene rings is 2. The zero-order valence-electron chi connectivity index (χ0n) is 16.7. The van der Waals surface area contributed by atoms with Gasteiger partial charge < -0.3 is 14.8 Å². The molecule has 32 heavy (non-hydrogen) atoms. The summed E-state index contributed by atoms with van der Waals surface area (Å²) in [6.07, 6.45) is 0.477. The fraction of sp³-hybridized carbons (Fsp3) is 0.136. The second kappa shape index (κ2) is 9.44. The number of aliphatic carboxylic acids is 1. The quantitative estimate of drug-likeness (QED) is 0.409. The van der Waals surface area contributed by atoms with Crippen molar-refractivity contribution < 1.29 is 19.4 Å². The minimum Gasteiger partial charge on any atom is -0.480 e. The number of hydrogen-bond acceptors (Lipinski definition) is 6. The molecule has 2 N–H and O–H groups in total. The lowest BCUT2D eigenvalue weighted by Crippen LogP contribution is -2.48. The van der Waals surface area contributed by atoms with Gasteiger partial charge in [0, 0.05) is 6.42 Å². The summed E-state index contributed by atoms with van der Waals surface area (Å²) < 4.78 is 5.42. The van der Waals surface area contributed by atoms with E-state index < -0.39 is 18.1 Å². The van der Waals surface area contributed by atoms with E-state index >= 15 is 0 Å². The van der Waals surface area contributed by atoms with E-state index in [1.165, 1.54) is 6.33 Å². The summed E-state index contributed by atoms with van der Waals surface area (Å²) in [7, 11) is 0. The van der Waals surface area contributed by atoms with Crippen LogP contribution in [-0.4, -0.2) is 43.1 Å². The van der Waals surface area contributed by atoms with Crippen LogP contribution in [0.5, 0.6) is 0 Å². The molecule has 2 heterocycles. The number of amides is 1. The third-order valence-corrected chi connectivity index (χ3v) is 4.99. The third kappa shape index (κ3) is 4.68. The molecule has 10 heteroatoms. The van der Waals surface area contributed by atoms with Crippen molar-refractivity contribution in [3.63, 3.8) is 0 Å². The number of nitrogens with zero attached hydrogens (tertiary/aromatic N) is 4. The minimum absolute atomic E-state index is 0.00668. The van der Waals surface area contributed by atoms with Gasteiger partial charge in [-0.25, -0.2) is 19.5 Å². The number of fused-ring (bicyclic) bond motifs is 1. The number of hydrogen-bond donors (Lipinski definition) is 2. The Morgan fingerprint density at radius 2 is 1.69 bits per heavy atom. The molecule has 0 spiro atoms. The summed E-state index contributed by atoms with van der Waals surface area (Å²) >= 11 is 6.22. The molecule has 9 nitrogen and oxygen atoms in total. The summed E-state index contributed by atoms with van der Waals surface area (Å²) in [6, 6.07) is 16.6. The van der Waals surface area contributed by atoms with Crippen molar-refractivity contribution in [2.75, 3.05) is 4.90 Å². The van der Waals surface area contributed by atoms with E-state index in [0.717, 1.165) is 10.5 Å². The highest BCUT2D eigenvalue weighted by molar-refractivity contribution is 6.33. The molecule has 2 aromatic heterocycles. The number of ether oxygens (including phenoxy) is 1. The van der Waals surface area contributed by atoms with Crippen molar-refractivity contribution in [1.29, 1.82) is 0 Å². The molecule has 1 atom stereocenters. The van der Waals surface area contributed by atoms with Gasteiger partial charge >= 0.3 is 12.1 Å².